The summed E-state index contributed by atoms with van der Waals surface area (Å²) in [5.74, 6) is 0.410. The van der Waals surface area contributed by atoms with Crippen LogP contribution in [-0.4, -0.2) is 23.2 Å². The van der Waals surface area contributed by atoms with Gasteiger partial charge in [0.2, 0.25) is 5.91 Å². The van der Waals surface area contributed by atoms with E-state index in [9.17, 15) is 4.79 Å². The van der Waals surface area contributed by atoms with Crippen molar-refractivity contribution in [2.75, 3.05) is 18.0 Å². The predicted molar refractivity (Wildman–Crippen MR) is 86.0 cm³/mol. The molecule has 1 heterocycles. The number of thioether (sulfide) groups is 1. The van der Waals surface area contributed by atoms with Crippen LogP contribution in [0.1, 0.15) is 13.3 Å². The molecule has 106 valence electrons. The lowest BCUT2D eigenvalue weighted by atomic mass is 10.2. The molecule has 0 atom stereocenters. The highest BCUT2D eigenvalue weighted by Gasteiger charge is 2.12. The topological polar surface area (TPSA) is 68.0 Å². The third kappa shape index (κ3) is 3.98. The summed E-state index contributed by atoms with van der Waals surface area (Å²) in [6, 6.07) is 9.83. The van der Waals surface area contributed by atoms with E-state index < -0.39 is 0 Å². The average Bonchev–Trinajstić information content (AvgIpc) is 2.85. The Morgan fingerprint density at radius 1 is 1.40 bits per heavy atom. The van der Waals surface area contributed by atoms with E-state index in [0.29, 0.717) is 17.3 Å². The molecular weight excluding hydrogens is 290 g/mol. The smallest absolute Gasteiger partial charge is 0.230 e. The van der Waals surface area contributed by atoms with Crippen molar-refractivity contribution in [1.29, 1.82) is 0 Å². The van der Waals surface area contributed by atoms with Crippen LogP contribution in [0.5, 0.6) is 0 Å². The van der Waals surface area contributed by atoms with Crippen molar-refractivity contribution in [2.24, 2.45) is 0 Å². The van der Waals surface area contributed by atoms with Crippen LogP contribution in [0.3, 0.4) is 0 Å². The summed E-state index contributed by atoms with van der Waals surface area (Å²) in [6.07, 6.45) is 0.943. The first-order chi connectivity index (χ1) is 9.70. The minimum absolute atomic E-state index is 0.0342. The number of amides is 1. The van der Waals surface area contributed by atoms with E-state index in [-0.39, 0.29) is 5.91 Å². The first kappa shape index (κ1) is 14.9. The number of carbonyl (C=O) groups excluding carboxylic acids is 1. The average molecular weight is 307 g/mol. The maximum atomic E-state index is 11.6. The predicted octanol–water partition coefficient (Wildman–Crippen LogP) is 3.01. The van der Waals surface area contributed by atoms with E-state index in [0.717, 1.165) is 22.0 Å². The summed E-state index contributed by atoms with van der Waals surface area (Å²) in [4.78, 5) is 16.1. The van der Waals surface area contributed by atoms with E-state index in [4.69, 9.17) is 5.73 Å². The molecule has 4 nitrogen and oxygen atoms in total. The molecule has 0 saturated carbocycles. The zero-order valence-corrected chi connectivity index (χ0v) is 12.9. The monoisotopic (exact) mass is 307 g/mol. The first-order valence-corrected chi connectivity index (χ1v) is 8.22. The maximum Gasteiger partial charge on any atom is 0.230 e. The number of aromatic nitrogens is 1. The van der Waals surface area contributed by atoms with Crippen molar-refractivity contribution < 1.29 is 4.79 Å². The van der Waals surface area contributed by atoms with Crippen LogP contribution in [0, 0.1) is 0 Å². The number of nitrogen functional groups attached to an aromatic ring is 1. The molecule has 2 aromatic rings. The molecule has 0 aliphatic carbocycles. The molecule has 0 saturated heterocycles. The fourth-order valence-corrected chi connectivity index (χ4v) is 3.40. The van der Waals surface area contributed by atoms with Gasteiger partial charge in [0.05, 0.1) is 5.75 Å². The van der Waals surface area contributed by atoms with Gasteiger partial charge >= 0.3 is 0 Å². The molecule has 0 fully saturated rings. The van der Waals surface area contributed by atoms with E-state index in [2.05, 4.69) is 10.3 Å². The Balaban J connectivity index is 1.99. The van der Waals surface area contributed by atoms with E-state index in [1.807, 2.05) is 37.3 Å². The third-order valence-corrected chi connectivity index (χ3v) is 4.61. The Labute approximate surface area is 126 Å². The van der Waals surface area contributed by atoms with Gasteiger partial charge in [-0.1, -0.05) is 60.4 Å². The van der Waals surface area contributed by atoms with Gasteiger partial charge in [0.25, 0.3) is 0 Å². The number of carbonyl (C=O) groups is 1. The largest absolute Gasteiger partial charge is 0.389 e. The Hall–Kier alpha value is -1.53. The minimum atomic E-state index is 0.0342. The molecule has 2 rings (SSSR count). The lowest BCUT2D eigenvalue weighted by molar-refractivity contribution is -0.118. The summed E-state index contributed by atoms with van der Waals surface area (Å²) >= 11 is 2.85. The number of hydrogen-bond acceptors (Lipinski definition) is 5. The number of benzene rings is 1. The zero-order valence-electron chi connectivity index (χ0n) is 11.3. The van der Waals surface area contributed by atoms with E-state index in [1.54, 1.807) is 0 Å². The van der Waals surface area contributed by atoms with E-state index in [1.165, 1.54) is 23.1 Å². The number of thiazole rings is 1. The van der Waals surface area contributed by atoms with Crippen molar-refractivity contribution in [3.8, 4) is 11.3 Å². The number of nitrogens with two attached hydrogens (primary N) is 1. The fourth-order valence-electron chi connectivity index (χ4n) is 1.62. The number of nitrogens with zero attached hydrogens (tertiary/aromatic N) is 1. The normalized spacial score (nSPS) is 10.4. The van der Waals surface area contributed by atoms with Gasteiger partial charge in [0.1, 0.15) is 10.7 Å². The zero-order chi connectivity index (χ0) is 14.4. The second-order valence-corrected chi connectivity index (χ2v) is 6.45. The lowest BCUT2D eigenvalue weighted by Crippen LogP contribution is -2.25. The second-order valence-electron chi connectivity index (χ2n) is 4.20. The van der Waals surface area contributed by atoms with E-state index >= 15 is 0 Å². The van der Waals surface area contributed by atoms with Gasteiger partial charge in [0.15, 0.2) is 4.34 Å². The van der Waals surface area contributed by atoms with Crippen LogP contribution in [0.2, 0.25) is 0 Å². The highest BCUT2D eigenvalue weighted by Crippen LogP contribution is 2.35. The molecule has 1 amide bonds. The molecule has 0 spiro atoms. The van der Waals surface area contributed by atoms with Crippen LogP contribution in [0.15, 0.2) is 34.7 Å². The molecule has 1 aromatic heterocycles. The van der Waals surface area contributed by atoms with Crippen molar-refractivity contribution in [1.82, 2.24) is 10.3 Å². The highest BCUT2D eigenvalue weighted by molar-refractivity contribution is 8.01. The quantitative estimate of drug-likeness (QED) is 0.805. The number of hydrogen-bond donors (Lipinski definition) is 2. The molecule has 0 unspecified atom stereocenters. The SMILES string of the molecule is CCCNC(=O)CSc1nc(-c2ccccc2)c(N)s1. The fraction of sp³-hybridized carbons (Fsp3) is 0.286. The van der Waals surface area contributed by atoms with Gasteiger partial charge in [-0.3, -0.25) is 4.79 Å². The summed E-state index contributed by atoms with van der Waals surface area (Å²) in [5.41, 5.74) is 7.80. The number of rotatable bonds is 6. The van der Waals surface area contributed by atoms with Gasteiger partial charge in [-0.2, -0.15) is 0 Å². The third-order valence-electron chi connectivity index (χ3n) is 2.58. The molecule has 0 aliphatic heterocycles. The van der Waals surface area contributed by atoms with Gasteiger partial charge in [-0.05, 0) is 6.42 Å². The molecule has 0 radical (unpaired) electrons. The minimum Gasteiger partial charge on any atom is -0.389 e. The number of nitrogens with one attached hydrogen (secondary N) is 1. The Morgan fingerprint density at radius 2 is 2.15 bits per heavy atom. The van der Waals surface area contributed by atoms with Gasteiger partial charge in [0, 0.05) is 12.1 Å². The van der Waals surface area contributed by atoms with Crippen LogP contribution < -0.4 is 11.1 Å². The van der Waals surface area contributed by atoms with Crippen molar-refractivity contribution in [2.45, 2.75) is 17.7 Å². The van der Waals surface area contributed by atoms with Crippen molar-refractivity contribution >= 4 is 34.0 Å². The molecule has 0 aliphatic rings. The number of anilines is 1. The van der Waals surface area contributed by atoms with Crippen LogP contribution in [0.4, 0.5) is 5.00 Å². The standard InChI is InChI=1S/C14H17N3OS2/c1-2-8-16-11(18)9-19-14-17-12(13(15)20-14)10-6-4-3-5-7-10/h3-7H,2,8-9,15H2,1H3,(H,16,18). The van der Waals surface area contributed by atoms with Crippen LogP contribution in [-0.2, 0) is 4.79 Å². The second kappa shape index (κ2) is 7.31. The van der Waals surface area contributed by atoms with Crippen LogP contribution >= 0.6 is 23.1 Å². The Kier molecular flexibility index (Phi) is 5.43. The summed E-state index contributed by atoms with van der Waals surface area (Å²) < 4.78 is 0.827. The molecule has 3 N–H and O–H groups in total. The highest BCUT2D eigenvalue weighted by atomic mass is 32.2. The van der Waals surface area contributed by atoms with Crippen molar-refractivity contribution in [3.05, 3.63) is 30.3 Å². The van der Waals surface area contributed by atoms with Crippen LogP contribution in [0.25, 0.3) is 11.3 Å². The van der Waals surface area contributed by atoms with Gasteiger partial charge in [-0.25, -0.2) is 4.98 Å². The van der Waals surface area contributed by atoms with Gasteiger partial charge in [-0.15, -0.1) is 0 Å². The maximum absolute atomic E-state index is 11.6. The molecule has 1 aromatic carbocycles. The van der Waals surface area contributed by atoms with Gasteiger partial charge < -0.3 is 11.1 Å². The molecule has 0 bridgehead atoms. The Bertz CT molecular complexity index is 569. The summed E-state index contributed by atoms with van der Waals surface area (Å²) in [7, 11) is 0. The summed E-state index contributed by atoms with van der Waals surface area (Å²) in [6.45, 7) is 2.75. The molecule has 6 heteroatoms. The summed E-state index contributed by atoms with van der Waals surface area (Å²) in [5, 5.41) is 3.53. The lowest BCUT2D eigenvalue weighted by Gasteiger charge is -2.00. The van der Waals surface area contributed by atoms with Crippen molar-refractivity contribution in [3.63, 3.8) is 0 Å². The molecular formula is C14H17N3OS2. The first-order valence-electron chi connectivity index (χ1n) is 6.42. The Morgan fingerprint density at radius 3 is 2.85 bits per heavy atom. The molecule has 20 heavy (non-hydrogen) atoms.